The predicted octanol–water partition coefficient (Wildman–Crippen LogP) is 2.53. The first-order valence-electron chi connectivity index (χ1n) is 9.27. The van der Waals surface area contributed by atoms with E-state index in [4.69, 9.17) is 9.47 Å². The summed E-state index contributed by atoms with van der Waals surface area (Å²) in [6.07, 6.45) is -0.588. The zero-order chi connectivity index (χ0) is 19.1. The maximum atomic E-state index is 13.6. The van der Waals surface area contributed by atoms with E-state index in [2.05, 4.69) is 15.9 Å². The Labute approximate surface area is 159 Å². The fourth-order valence-electron chi connectivity index (χ4n) is 3.33. The largest absolute Gasteiger partial charge is 0.495 e. The van der Waals surface area contributed by atoms with E-state index in [1.807, 2.05) is 18.2 Å². The molecular formula is C21H27FN2O3. The van der Waals surface area contributed by atoms with E-state index in [1.54, 1.807) is 25.3 Å². The summed E-state index contributed by atoms with van der Waals surface area (Å²) in [5, 5.41) is 10.2. The van der Waals surface area contributed by atoms with Crippen LogP contribution in [-0.4, -0.2) is 62.6 Å². The first-order valence-corrected chi connectivity index (χ1v) is 9.27. The Balaban J connectivity index is 1.40. The molecule has 1 N–H and O–H groups in total. The van der Waals surface area contributed by atoms with Gasteiger partial charge in [-0.25, -0.2) is 4.39 Å². The van der Waals surface area contributed by atoms with Gasteiger partial charge in [-0.05, 0) is 18.2 Å². The predicted molar refractivity (Wildman–Crippen MR) is 104 cm³/mol. The van der Waals surface area contributed by atoms with Gasteiger partial charge in [-0.15, -0.1) is 0 Å². The van der Waals surface area contributed by atoms with Gasteiger partial charge >= 0.3 is 0 Å². The number of piperazine rings is 1. The molecule has 0 saturated carbocycles. The van der Waals surface area contributed by atoms with Crippen molar-refractivity contribution in [3.05, 3.63) is 59.9 Å². The van der Waals surface area contributed by atoms with Crippen LogP contribution in [0, 0.1) is 5.82 Å². The molecule has 6 heteroatoms. The van der Waals surface area contributed by atoms with E-state index in [9.17, 15) is 9.50 Å². The Hall–Kier alpha value is -2.15. The van der Waals surface area contributed by atoms with Gasteiger partial charge in [-0.2, -0.15) is 0 Å². The minimum Gasteiger partial charge on any atom is -0.495 e. The molecule has 0 aromatic heterocycles. The highest BCUT2D eigenvalue weighted by Crippen LogP contribution is 2.28. The third kappa shape index (κ3) is 5.42. The number of halogens is 1. The molecule has 27 heavy (non-hydrogen) atoms. The number of methoxy groups -OCH3 is 1. The summed E-state index contributed by atoms with van der Waals surface area (Å²) < 4.78 is 24.5. The number of rotatable bonds is 8. The van der Waals surface area contributed by atoms with Gasteiger partial charge < -0.3 is 19.5 Å². The maximum absolute atomic E-state index is 13.6. The minimum absolute atomic E-state index is 0.172. The van der Waals surface area contributed by atoms with Crippen LogP contribution in [0.4, 0.5) is 10.1 Å². The summed E-state index contributed by atoms with van der Waals surface area (Å²) in [6.45, 7) is 4.40. The van der Waals surface area contributed by atoms with E-state index in [0.29, 0.717) is 12.1 Å². The summed E-state index contributed by atoms with van der Waals surface area (Å²) in [7, 11) is 1.69. The zero-order valence-electron chi connectivity index (χ0n) is 15.7. The number of aliphatic hydroxyl groups is 1. The van der Waals surface area contributed by atoms with Gasteiger partial charge in [0.2, 0.25) is 0 Å². The molecule has 2 aromatic rings. The second-order valence-electron chi connectivity index (χ2n) is 6.72. The molecule has 0 radical (unpaired) electrons. The average Bonchev–Trinajstić information content (AvgIpc) is 2.70. The number of β-amino-alcohol motifs (C(OH)–C–C–N with tert-alkyl or cyclic N) is 1. The minimum atomic E-state index is -0.588. The highest BCUT2D eigenvalue weighted by Gasteiger charge is 2.21. The van der Waals surface area contributed by atoms with Crippen molar-refractivity contribution in [1.29, 1.82) is 0 Å². The SMILES string of the molecule is COc1ccccc1N1CCN(CC(O)COCc2ccccc2F)CC1. The van der Waals surface area contributed by atoms with Crippen molar-refractivity contribution in [2.45, 2.75) is 12.7 Å². The van der Waals surface area contributed by atoms with Gasteiger partial charge in [0.05, 0.1) is 32.1 Å². The number of anilines is 1. The molecule has 0 aliphatic carbocycles. The van der Waals surface area contributed by atoms with E-state index in [-0.39, 0.29) is 19.0 Å². The lowest BCUT2D eigenvalue weighted by atomic mass is 10.2. The summed E-state index contributed by atoms with van der Waals surface area (Å²) >= 11 is 0. The molecule has 1 aliphatic heterocycles. The Morgan fingerprint density at radius 1 is 1.04 bits per heavy atom. The van der Waals surface area contributed by atoms with Crippen molar-refractivity contribution < 1.29 is 19.0 Å². The number of aliphatic hydroxyl groups excluding tert-OH is 1. The Morgan fingerprint density at radius 2 is 1.74 bits per heavy atom. The van der Waals surface area contributed by atoms with Crippen LogP contribution in [0.25, 0.3) is 0 Å². The van der Waals surface area contributed by atoms with Gasteiger partial charge in [0, 0.05) is 38.3 Å². The molecule has 1 fully saturated rings. The molecule has 146 valence electrons. The maximum Gasteiger partial charge on any atom is 0.142 e. The van der Waals surface area contributed by atoms with Crippen LogP contribution in [0.2, 0.25) is 0 Å². The van der Waals surface area contributed by atoms with Crippen molar-refractivity contribution in [2.75, 3.05) is 51.3 Å². The lowest BCUT2D eigenvalue weighted by Gasteiger charge is -2.37. The van der Waals surface area contributed by atoms with Crippen LogP contribution in [-0.2, 0) is 11.3 Å². The summed E-state index contributed by atoms with van der Waals surface area (Å²) in [5.41, 5.74) is 1.61. The third-order valence-corrected chi connectivity index (χ3v) is 4.79. The van der Waals surface area contributed by atoms with Crippen molar-refractivity contribution in [2.24, 2.45) is 0 Å². The molecule has 1 unspecified atom stereocenters. The average molecular weight is 374 g/mol. The molecule has 1 atom stereocenters. The summed E-state index contributed by atoms with van der Waals surface area (Å²) in [6, 6.07) is 14.6. The van der Waals surface area contributed by atoms with Crippen LogP contribution in [0.3, 0.4) is 0 Å². The zero-order valence-corrected chi connectivity index (χ0v) is 15.7. The van der Waals surface area contributed by atoms with Crippen molar-refractivity contribution in [3.63, 3.8) is 0 Å². The summed E-state index contributed by atoms with van der Waals surface area (Å²) in [4.78, 5) is 4.53. The smallest absolute Gasteiger partial charge is 0.142 e. The van der Waals surface area contributed by atoms with Crippen LogP contribution in [0.1, 0.15) is 5.56 Å². The molecule has 3 rings (SSSR count). The molecular weight excluding hydrogens is 347 g/mol. The molecule has 0 amide bonds. The number of hydrogen-bond donors (Lipinski definition) is 1. The lowest BCUT2D eigenvalue weighted by molar-refractivity contribution is 0.00838. The molecule has 1 heterocycles. The number of hydrogen-bond acceptors (Lipinski definition) is 5. The normalized spacial score (nSPS) is 16.3. The monoisotopic (exact) mass is 374 g/mol. The van der Waals surface area contributed by atoms with E-state index in [1.165, 1.54) is 6.07 Å². The summed E-state index contributed by atoms with van der Waals surface area (Å²) in [5.74, 6) is 0.604. The fourth-order valence-corrected chi connectivity index (χ4v) is 3.33. The highest BCUT2D eigenvalue weighted by molar-refractivity contribution is 5.58. The first-order chi connectivity index (χ1) is 13.2. The topological polar surface area (TPSA) is 45.2 Å². The van der Waals surface area contributed by atoms with Gasteiger partial charge in [-0.3, -0.25) is 4.90 Å². The van der Waals surface area contributed by atoms with Gasteiger partial charge in [-0.1, -0.05) is 30.3 Å². The van der Waals surface area contributed by atoms with Gasteiger partial charge in [0.1, 0.15) is 11.6 Å². The molecule has 0 spiro atoms. The van der Waals surface area contributed by atoms with Crippen molar-refractivity contribution in [1.82, 2.24) is 4.90 Å². The quantitative estimate of drug-likeness (QED) is 0.769. The van der Waals surface area contributed by atoms with E-state index in [0.717, 1.165) is 37.6 Å². The Kier molecular flexibility index (Phi) is 7.04. The Bertz CT molecular complexity index is 720. The number of nitrogens with zero attached hydrogens (tertiary/aromatic N) is 2. The van der Waals surface area contributed by atoms with Gasteiger partial charge in [0.15, 0.2) is 0 Å². The lowest BCUT2D eigenvalue weighted by Crippen LogP contribution is -2.49. The van der Waals surface area contributed by atoms with Gasteiger partial charge in [0.25, 0.3) is 0 Å². The van der Waals surface area contributed by atoms with Crippen molar-refractivity contribution in [3.8, 4) is 5.75 Å². The number of para-hydroxylation sites is 2. The van der Waals surface area contributed by atoms with Crippen LogP contribution in [0.5, 0.6) is 5.75 Å². The molecule has 5 nitrogen and oxygen atoms in total. The second kappa shape index (κ2) is 9.69. The second-order valence-corrected chi connectivity index (χ2v) is 6.72. The third-order valence-electron chi connectivity index (χ3n) is 4.79. The molecule has 0 bridgehead atoms. The van der Waals surface area contributed by atoms with E-state index < -0.39 is 6.10 Å². The fraction of sp³-hybridized carbons (Fsp3) is 0.429. The molecule has 1 saturated heterocycles. The highest BCUT2D eigenvalue weighted by atomic mass is 19.1. The van der Waals surface area contributed by atoms with Crippen LogP contribution in [0.15, 0.2) is 48.5 Å². The number of ether oxygens (including phenoxy) is 2. The number of benzene rings is 2. The van der Waals surface area contributed by atoms with E-state index >= 15 is 0 Å². The van der Waals surface area contributed by atoms with Crippen LogP contribution < -0.4 is 9.64 Å². The first kappa shape index (κ1) is 19.6. The Morgan fingerprint density at radius 3 is 2.48 bits per heavy atom. The molecule has 1 aliphatic rings. The van der Waals surface area contributed by atoms with Crippen molar-refractivity contribution >= 4 is 5.69 Å². The standard InChI is InChI=1S/C21H27FN2O3/c1-26-21-9-5-4-8-20(21)24-12-10-23(11-13-24)14-18(25)16-27-15-17-6-2-3-7-19(17)22/h2-9,18,25H,10-16H2,1H3. The molecule has 2 aromatic carbocycles. The van der Waals surface area contributed by atoms with Crippen LogP contribution >= 0.6 is 0 Å².